The molecule has 2 N–H and O–H groups in total. The Morgan fingerprint density at radius 3 is 2.71 bits per heavy atom. The zero-order valence-corrected chi connectivity index (χ0v) is 21.3. The van der Waals surface area contributed by atoms with Gasteiger partial charge < -0.3 is 15.2 Å². The van der Waals surface area contributed by atoms with Crippen LogP contribution in [0.25, 0.3) is 5.69 Å². The lowest BCUT2D eigenvalue weighted by molar-refractivity contribution is -0.132. The first-order valence-electron chi connectivity index (χ1n) is 11.4. The fourth-order valence-electron chi connectivity index (χ4n) is 4.13. The summed E-state index contributed by atoms with van der Waals surface area (Å²) >= 11 is 9.78. The highest BCUT2D eigenvalue weighted by Crippen LogP contribution is 2.33. The van der Waals surface area contributed by atoms with Crippen molar-refractivity contribution < 1.29 is 4.79 Å². The van der Waals surface area contributed by atoms with Crippen molar-refractivity contribution in [3.05, 3.63) is 87.4 Å². The topological polar surface area (TPSA) is 72.8 Å². The summed E-state index contributed by atoms with van der Waals surface area (Å²) in [6.07, 6.45) is 9.90. The highest BCUT2D eigenvalue weighted by molar-refractivity contribution is 7.86. The standard InChI is InChI=1S/C25H29ClN6O2S/c1-18(2)30-14-13-29(17-25(30)34)22-15-20(31-12-6-5-9-24(31)33)10-11-21(22)32-16-19(27-28-32)7-3-4-8-23(26)35/h3-6,8-12,15-16,18,27-28,35H,7,13-14,17H2,1-2H3/b4-3+,23-8-. The van der Waals surface area contributed by atoms with E-state index in [0.29, 0.717) is 23.9 Å². The lowest BCUT2D eigenvalue weighted by Crippen LogP contribution is -2.53. The Hall–Kier alpha value is -3.14. The molecular weight excluding hydrogens is 484 g/mol. The smallest absolute Gasteiger partial charge is 0.255 e. The van der Waals surface area contributed by atoms with Crippen LogP contribution in [0.15, 0.2) is 81.9 Å². The molecule has 1 amide bonds. The van der Waals surface area contributed by atoms with E-state index in [2.05, 4.69) is 28.5 Å². The predicted molar refractivity (Wildman–Crippen MR) is 145 cm³/mol. The average Bonchev–Trinajstić information content (AvgIpc) is 3.30. The van der Waals surface area contributed by atoms with Crippen LogP contribution < -0.4 is 26.4 Å². The van der Waals surface area contributed by atoms with Crippen LogP contribution in [0.3, 0.4) is 0 Å². The molecule has 8 nitrogen and oxygen atoms in total. The van der Waals surface area contributed by atoms with Crippen molar-refractivity contribution in [1.29, 1.82) is 0 Å². The average molecular weight is 513 g/mol. The second-order valence-electron chi connectivity index (χ2n) is 8.57. The van der Waals surface area contributed by atoms with Gasteiger partial charge in [-0.25, -0.2) is 0 Å². The Kier molecular flexibility index (Phi) is 7.90. The number of rotatable bonds is 7. The summed E-state index contributed by atoms with van der Waals surface area (Å²) in [5, 5.41) is 1.89. The molecule has 1 saturated heterocycles. The number of allylic oxidation sites excluding steroid dienone is 3. The monoisotopic (exact) mass is 512 g/mol. The quantitative estimate of drug-likeness (QED) is 0.389. The molecule has 1 aromatic carbocycles. The van der Waals surface area contributed by atoms with Crippen molar-refractivity contribution in [2.45, 2.75) is 26.3 Å². The lowest BCUT2D eigenvalue weighted by atomic mass is 10.1. The van der Waals surface area contributed by atoms with Crippen LogP contribution in [-0.4, -0.2) is 41.1 Å². The van der Waals surface area contributed by atoms with Gasteiger partial charge in [-0.2, -0.15) is 0 Å². The van der Waals surface area contributed by atoms with Gasteiger partial charge in [-0.3, -0.25) is 19.2 Å². The second-order valence-corrected chi connectivity index (χ2v) is 9.72. The number of halogens is 1. The van der Waals surface area contributed by atoms with Gasteiger partial charge in [-0.05, 0) is 44.2 Å². The number of hydrogen-bond acceptors (Lipinski definition) is 7. The molecule has 184 valence electrons. The van der Waals surface area contributed by atoms with Gasteiger partial charge in [-0.1, -0.05) is 29.8 Å². The summed E-state index contributed by atoms with van der Waals surface area (Å²) in [6.45, 7) is 5.67. The summed E-state index contributed by atoms with van der Waals surface area (Å²) in [5.74, 6) is 0.0873. The van der Waals surface area contributed by atoms with Crippen LogP contribution in [-0.2, 0) is 4.79 Å². The van der Waals surface area contributed by atoms with E-state index >= 15 is 0 Å². The molecule has 2 aliphatic heterocycles. The minimum Gasteiger partial charge on any atom is -0.359 e. The van der Waals surface area contributed by atoms with Gasteiger partial charge in [0.15, 0.2) is 0 Å². The summed E-state index contributed by atoms with van der Waals surface area (Å²) in [4.78, 5) is 29.3. The van der Waals surface area contributed by atoms with Crippen molar-refractivity contribution in [2.24, 2.45) is 0 Å². The molecule has 0 atom stereocenters. The van der Waals surface area contributed by atoms with E-state index < -0.39 is 0 Å². The number of nitrogens with zero attached hydrogens (tertiary/aromatic N) is 4. The van der Waals surface area contributed by atoms with Crippen LogP contribution >= 0.6 is 24.2 Å². The number of hydrazine groups is 2. The van der Waals surface area contributed by atoms with Crippen molar-refractivity contribution in [3.8, 4) is 5.69 Å². The molecule has 3 heterocycles. The minimum atomic E-state index is -0.114. The van der Waals surface area contributed by atoms with E-state index in [4.69, 9.17) is 11.6 Å². The van der Waals surface area contributed by atoms with Crippen LogP contribution in [0, 0.1) is 0 Å². The zero-order chi connectivity index (χ0) is 24.9. The van der Waals surface area contributed by atoms with E-state index in [-0.39, 0.29) is 24.1 Å². The highest BCUT2D eigenvalue weighted by atomic mass is 35.5. The van der Waals surface area contributed by atoms with Crippen molar-refractivity contribution in [1.82, 2.24) is 20.4 Å². The number of carbonyl (C=O) groups is 1. The third-order valence-corrected chi connectivity index (χ3v) is 6.15. The first-order valence-corrected chi connectivity index (χ1v) is 12.3. The molecule has 2 aromatic rings. The van der Waals surface area contributed by atoms with Crippen molar-refractivity contribution >= 4 is 41.5 Å². The summed E-state index contributed by atoms with van der Waals surface area (Å²) < 4.78 is 2.02. The minimum absolute atomic E-state index is 0.0873. The molecule has 35 heavy (non-hydrogen) atoms. The normalized spacial score (nSPS) is 16.9. The molecule has 0 aliphatic carbocycles. The Bertz CT molecular complexity index is 1230. The first-order chi connectivity index (χ1) is 16.8. The predicted octanol–water partition coefficient (Wildman–Crippen LogP) is 3.52. The second kappa shape index (κ2) is 11.1. The maximum atomic E-state index is 12.9. The fraction of sp³-hybridized carbons (Fsp3) is 0.280. The number of anilines is 2. The molecule has 0 bridgehead atoms. The number of thiol groups is 1. The van der Waals surface area contributed by atoms with E-state index in [9.17, 15) is 9.59 Å². The number of aromatic nitrogens is 1. The van der Waals surface area contributed by atoms with E-state index in [1.165, 1.54) is 6.07 Å². The van der Waals surface area contributed by atoms with E-state index in [1.54, 1.807) is 22.9 Å². The number of carbonyl (C=O) groups excluding carboxylic acids is 1. The molecule has 1 fully saturated rings. The van der Waals surface area contributed by atoms with E-state index in [0.717, 1.165) is 22.8 Å². The van der Waals surface area contributed by atoms with Crippen LogP contribution in [0.5, 0.6) is 0 Å². The van der Waals surface area contributed by atoms with Crippen LogP contribution in [0.4, 0.5) is 11.4 Å². The Balaban J connectivity index is 1.66. The van der Waals surface area contributed by atoms with Crippen molar-refractivity contribution in [2.75, 3.05) is 29.5 Å². The highest BCUT2D eigenvalue weighted by Gasteiger charge is 2.28. The van der Waals surface area contributed by atoms with Gasteiger partial charge in [0.1, 0.15) is 0 Å². The fourth-order valence-corrected chi connectivity index (χ4v) is 4.28. The zero-order valence-electron chi connectivity index (χ0n) is 19.7. The summed E-state index contributed by atoms with van der Waals surface area (Å²) in [6, 6.07) is 11.1. The molecule has 10 heteroatoms. The molecular formula is C25H29ClN6O2S. The van der Waals surface area contributed by atoms with Crippen LogP contribution in [0.1, 0.15) is 20.3 Å². The number of benzene rings is 1. The number of hydrogen-bond donors (Lipinski definition) is 3. The SMILES string of the molecule is CC(C)N1CCN(c2cc(-n3ccccc3=O)ccc2N2C=C(C/C=C/C=C(\S)Cl)NN2)CC1=O. The molecule has 2 aliphatic rings. The van der Waals surface area contributed by atoms with Crippen molar-refractivity contribution in [3.63, 3.8) is 0 Å². The third-order valence-electron chi connectivity index (χ3n) is 5.87. The Morgan fingerprint density at radius 1 is 1.17 bits per heavy atom. The third kappa shape index (κ3) is 5.93. The largest absolute Gasteiger partial charge is 0.359 e. The maximum Gasteiger partial charge on any atom is 0.255 e. The maximum absolute atomic E-state index is 12.9. The summed E-state index contributed by atoms with van der Waals surface area (Å²) in [7, 11) is 0. The van der Waals surface area contributed by atoms with E-state index in [1.807, 2.05) is 66.4 Å². The molecule has 0 radical (unpaired) electrons. The first kappa shape index (κ1) is 25.0. The molecule has 1 aromatic heterocycles. The lowest BCUT2D eigenvalue weighted by Gasteiger charge is -2.39. The summed E-state index contributed by atoms with van der Waals surface area (Å²) in [5.41, 5.74) is 9.66. The van der Waals surface area contributed by atoms with Crippen LogP contribution in [0.2, 0.25) is 0 Å². The number of piperazine rings is 1. The Morgan fingerprint density at radius 2 is 2.00 bits per heavy atom. The molecule has 0 spiro atoms. The van der Waals surface area contributed by atoms with Gasteiger partial charge in [0.25, 0.3) is 5.56 Å². The molecule has 0 unspecified atom stereocenters. The number of amides is 1. The number of nitrogens with one attached hydrogen (secondary N) is 2. The Labute approximate surface area is 215 Å². The van der Waals surface area contributed by atoms with Gasteiger partial charge >= 0.3 is 0 Å². The molecule has 4 rings (SSSR count). The van der Waals surface area contributed by atoms with Gasteiger partial charge in [0, 0.05) is 49.7 Å². The van der Waals surface area contributed by atoms with Gasteiger partial charge in [0.2, 0.25) is 5.91 Å². The van der Waals surface area contributed by atoms with Gasteiger partial charge in [-0.15, -0.1) is 18.2 Å². The number of pyridine rings is 1. The molecule has 0 saturated carbocycles. The van der Waals surface area contributed by atoms with Gasteiger partial charge in [0.05, 0.1) is 28.0 Å².